The van der Waals surface area contributed by atoms with Crippen LogP contribution in [-0.4, -0.2) is 51.7 Å². The van der Waals surface area contributed by atoms with E-state index in [1.54, 1.807) is 31.5 Å². The van der Waals surface area contributed by atoms with Gasteiger partial charge in [0.2, 0.25) is 0 Å². The van der Waals surface area contributed by atoms with Gasteiger partial charge in [-0.3, -0.25) is 9.71 Å². The topological polar surface area (TPSA) is 90.0 Å². The van der Waals surface area contributed by atoms with Crippen LogP contribution in [0.15, 0.2) is 65.7 Å². The predicted octanol–water partition coefficient (Wildman–Crippen LogP) is 8.30. The van der Waals surface area contributed by atoms with Crippen LogP contribution in [-0.2, 0) is 10.0 Å². The number of piperidine rings is 1. The summed E-state index contributed by atoms with van der Waals surface area (Å²) in [5, 5.41) is 0.826. The number of methoxy groups -OCH3 is 1. The molecule has 4 aromatic rings. The van der Waals surface area contributed by atoms with Crippen LogP contribution in [0.2, 0.25) is 15.1 Å². The Kier molecular flexibility index (Phi) is 10.1. The second-order valence-corrected chi connectivity index (χ2v) is 13.3. The smallest absolute Gasteiger partial charge is 0.264 e. The monoisotopic (exact) mass is 663 g/mol. The van der Waals surface area contributed by atoms with Crippen molar-refractivity contribution in [3.05, 3.63) is 75.9 Å². The fraction of sp³-hybridized carbons (Fsp3) is 0.323. The number of aromatic nitrogens is 1. The number of nitrogens with one attached hydrogen (secondary N) is 1. The molecule has 0 unspecified atom stereocenters. The summed E-state index contributed by atoms with van der Waals surface area (Å²) in [4.78, 5) is 6.74. The van der Waals surface area contributed by atoms with Crippen LogP contribution >= 0.6 is 34.8 Å². The third kappa shape index (κ3) is 7.59. The van der Waals surface area contributed by atoms with Gasteiger partial charge in [-0.15, -0.1) is 0 Å². The highest BCUT2D eigenvalue weighted by Gasteiger charge is 2.23. The van der Waals surface area contributed by atoms with Crippen LogP contribution in [0.4, 0.5) is 5.69 Å². The number of likely N-dealkylation sites (tertiary alicyclic amines) is 1. The van der Waals surface area contributed by atoms with Gasteiger partial charge in [-0.05, 0) is 74.7 Å². The molecule has 228 valence electrons. The zero-order valence-corrected chi connectivity index (χ0v) is 26.9. The fourth-order valence-electron chi connectivity index (χ4n) is 4.95. The lowest BCUT2D eigenvalue weighted by Crippen LogP contribution is -2.34. The Balaban J connectivity index is 1.32. The summed E-state index contributed by atoms with van der Waals surface area (Å²) < 4.78 is 46.6. The van der Waals surface area contributed by atoms with E-state index in [0.29, 0.717) is 40.5 Å². The van der Waals surface area contributed by atoms with Crippen molar-refractivity contribution in [1.82, 2.24) is 9.88 Å². The second-order valence-electron chi connectivity index (χ2n) is 10.5. The number of hydrogen-bond donors (Lipinski definition) is 1. The highest BCUT2D eigenvalue weighted by atomic mass is 35.5. The standard InChI is InChI=1S/C31H32Cl3N3O5S/c1-20-10-14-37(15-11-20)13-4-16-41-30-19-26-22(18-29(30)40-2)28(9-12-35-26)42-21-7-8-23(32)27(17-21)36-43(38,39)31-24(33)5-3-6-25(31)34/h3,5-9,12,17-20,36H,4,10-11,13-16H2,1-2H3. The van der Waals surface area contributed by atoms with E-state index in [1.807, 2.05) is 12.1 Å². The highest BCUT2D eigenvalue weighted by molar-refractivity contribution is 7.93. The third-order valence-electron chi connectivity index (χ3n) is 7.34. The zero-order chi connectivity index (χ0) is 30.6. The Labute approximate surface area is 266 Å². The number of pyridine rings is 1. The van der Waals surface area contributed by atoms with Crippen LogP contribution in [0, 0.1) is 5.92 Å². The van der Waals surface area contributed by atoms with Gasteiger partial charge in [0, 0.05) is 30.3 Å². The molecule has 0 radical (unpaired) electrons. The third-order valence-corrected chi connectivity index (χ3v) is 9.99. The van der Waals surface area contributed by atoms with Crippen LogP contribution in [0.25, 0.3) is 10.9 Å². The number of anilines is 1. The van der Waals surface area contributed by atoms with Crippen molar-refractivity contribution >= 4 is 61.4 Å². The molecule has 1 aliphatic heterocycles. The molecule has 0 amide bonds. The first-order chi connectivity index (χ1) is 20.6. The van der Waals surface area contributed by atoms with Gasteiger partial charge in [0.05, 0.1) is 40.0 Å². The Bertz CT molecular complexity index is 1690. The molecule has 0 atom stereocenters. The van der Waals surface area contributed by atoms with Crippen LogP contribution in [0.3, 0.4) is 0 Å². The molecule has 43 heavy (non-hydrogen) atoms. The maximum atomic E-state index is 13.1. The molecule has 5 rings (SSSR count). The van der Waals surface area contributed by atoms with Crippen molar-refractivity contribution in [1.29, 1.82) is 0 Å². The molecule has 0 saturated carbocycles. The summed E-state index contributed by atoms with van der Waals surface area (Å²) >= 11 is 18.6. The lowest BCUT2D eigenvalue weighted by atomic mass is 9.99. The van der Waals surface area contributed by atoms with Crippen LogP contribution < -0.4 is 18.9 Å². The van der Waals surface area contributed by atoms with Gasteiger partial charge in [-0.2, -0.15) is 0 Å². The van der Waals surface area contributed by atoms with E-state index in [9.17, 15) is 8.42 Å². The van der Waals surface area contributed by atoms with Crippen LogP contribution in [0.5, 0.6) is 23.0 Å². The van der Waals surface area contributed by atoms with E-state index >= 15 is 0 Å². The van der Waals surface area contributed by atoms with Crippen molar-refractivity contribution in [2.45, 2.75) is 31.1 Å². The molecular formula is C31H32Cl3N3O5S. The maximum absolute atomic E-state index is 13.1. The SMILES string of the molecule is COc1cc2c(Oc3ccc(Cl)c(NS(=O)(=O)c4c(Cl)cccc4Cl)c3)ccnc2cc1OCCCN1CCC(C)CC1. The summed E-state index contributed by atoms with van der Waals surface area (Å²) in [6, 6.07) is 14.5. The van der Waals surface area contributed by atoms with Gasteiger partial charge < -0.3 is 19.1 Å². The van der Waals surface area contributed by atoms with Crippen molar-refractivity contribution in [3.63, 3.8) is 0 Å². The van der Waals surface area contributed by atoms with Gasteiger partial charge in [0.15, 0.2) is 11.5 Å². The Morgan fingerprint density at radius 2 is 1.70 bits per heavy atom. The lowest BCUT2D eigenvalue weighted by Gasteiger charge is -2.30. The van der Waals surface area contributed by atoms with Gasteiger partial charge in [0.1, 0.15) is 16.4 Å². The van der Waals surface area contributed by atoms with Gasteiger partial charge in [-0.1, -0.05) is 47.8 Å². The highest BCUT2D eigenvalue weighted by Crippen LogP contribution is 2.39. The first-order valence-electron chi connectivity index (χ1n) is 13.9. The molecular weight excluding hydrogens is 633 g/mol. The predicted molar refractivity (Wildman–Crippen MR) is 172 cm³/mol. The maximum Gasteiger partial charge on any atom is 0.264 e. The van der Waals surface area contributed by atoms with E-state index in [-0.39, 0.29) is 25.7 Å². The van der Waals surface area contributed by atoms with Gasteiger partial charge in [-0.25, -0.2) is 8.42 Å². The Morgan fingerprint density at radius 3 is 2.42 bits per heavy atom. The molecule has 0 bridgehead atoms. The largest absolute Gasteiger partial charge is 0.493 e. The normalized spacial score (nSPS) is 14.5. The molecule has 0 spiro atoms. The molecule has 1 aliphatic rings. The minimum atomic E-state index is -4.15. The zero-order valence-electron chi connectivity index (χ0n) is 23.8. The minimum Gasteiger partial charge on any atom is -0.493 e. The number of hydrogen-bond acceptors (Lipinski definition) is 7. The van der Waals surface area contributed by atoms with E-state index in [4.69, 9.17) is 49.0 Å². The molecule has 1 fully saturated rings. The Morgan fingerprint density at radius 1 is 0.953 bits per heavy atom. The quantitative estimate of drug-likeness (QED) is 0.161. The van der Waals surface area contributed by atoms with Gasteiger partial charge in [0.25, 0.3) is 10.0 Å². The number of rotatable bonds is 11. The molecule has 0 aliphatic carbocycles. The first kappa shape index (κ1) is 31.5. The number of benzene rings is 3. The van der Waals surface area contributed by atoms with Crippen molar-refractivity contribution < 1.29 is 22.6 Å². The summed E-state index contributed by atoms with van der Waals surface area (Å²) in [6.07, 6.45) is 5.04. The first-order valence-corrected chi connectivity index (χ1v) is 16.5. The summed E-state index contributed by atoms with van der Waals surface area (Å²) in [5.41, 5.74) is 0.752. The summed E-state index contributed by atoms with van der Waals surface area (Å²) in [7, 11) is -2.56. The summed E-state index contributed by atoms with van der Waals surface area (Å²) in [5.74, 6) is 2.79. The van der Waals surface area contributed by atoms with Crippen LogP contribution in [0.1, 0.15) is 26.2 Å². The molecule has 2 heterocycles. The van der Waals surface area contributed by atoms with Gasteiger partial charge >= 0.3 is 0 Å². The van der Waals surface area contributed by atoms with E-state index in [1.165, 1.54) is 37.1 Å². The average Bonchev–Trinajstić information content (AvgIpc) is 2.97. The number of sulfonamides is 1. The number of ether oxygens (including phenoxy) is 3. The number of fused-ring (bicyclic) bond motifs is 1. The van der Waals surface area contributed by atoms with E-state index in [0.717, 1.165) is 32.0 Å². The van der Waals surface area contributed by atoms with Crippen molar-refractivity contribution in [3.8, 4) is 23.0 Å². The van der Waals surface area contributed by atoms with Crippen molar-refractivity contribution in [2.75, 3.05) is 38.1 Å². The molecule has 1 saturated heterocycles. The summed E-state index contributed by atoms with van der Waals surface area (Å²) in [6.45, 7) is 6.16. The van der Waals surface area contributed by atoms with Crippen molar-refractivity contribution in [2.24, 2.45) is 5.92 Å². The average molecular weight is 665 g/mol. The number of halogens is 3. The van der Waals surface area contributed by atoms with E-state index < -0.39 is 10.0 Å². The molecule has 12 heteroatoms. The number of nitrogens with zero attached hydrogens (tertiary/aromatic N) is 2. The molecule has 3 aromatic carbocycles. The molecule has 1 N–H and O–H groups in total. The fourth-order valence-corrected chi connectivity index (χ4v) is 7.39. The molecule has 8 nitrogen and oxygen atoms in total. The van der Waals surface area contributed by atoms with E-state index in [2.05, 4.69) is 21.5 Å². The second kappa shape index (κ2) is 13.8. The lowest BCUT2D eigenvalue weighted by molar-refractivity contribution is 0.176. The Hall–Kier alpha value is -2.95. The minimum absolute atomic E-state index is 0.0132. The molecule has 1 aromatic heterocycles.